The average molecular weight is 377 g/mol. The molecule has 2 aromatic heterocycles. The van der Waals surface area contributed by atoms with Crippen LogP contribution in [0.3, 0.4) is 0 Å². The van der Waals surface area contributed by atoms with Crippen LogP contribution in [0.2, 0.25) is 0 Å². The van der Waals surface area contributed by atoms with Gasteiger partial charge in [-0.1, -0.05) is 0 Å². The zero-order valence-corrected chi connectivity index (χ0v) is 16.0. The third-order valence-electron chi connectivity index (χ3n) is 4.73. The summed E-state index contributed by atoms with van der Waals surface area (Å²) in [6.45, 7) is 5.52. The van der Waals surface area contributed by atoms with Crippen molar-refractivity contribution in [2.24, 2.45) is 13.0 Å². The summed E-state index contributed by atoms with van der Waals surface area (Å²) in [5.74, 6) is 0.523. The van der Waals surface area contributed by atoms with E-state index >= 15 is 0 Å². The molecule has 0 bridgehead atoms. The van der Waals surface area contributed by atoms with E-state index in [0.717, 1.165) is 10.3 Å². The van der Waals surface area contributed by atoms with Crippen LogP contribution in [0.4, 0.5) is 10.9 Å². The van der Waals surface area contributed by atoms with Gasteiger partial charge in [0.25, 0.3) is 5.56 Å². The highest BCUT2D eigenvalue weighted by Crippen LogP contribution is 2.24. The lowest BCUT2D eigenvalue weighted by Gasteiger charge is -2.34. The van der Waals surface area contributed by atoms with Gasteiger partial charge in [-0.15, -0.1) is 11.3 Å². The zero-order valence-electron chi connectivity index (χ0n) is 15.2. The molecule has 0 atom stereocenters. The van der Waals surface area contributed by atoms with E-state index in [1.165, 1.54) is 24.5 Å². The van der Waals surface area contributed by atoms with E-state index in [4.69, 9.17) is 0 Å². The number of amides is 1. The van der Waals surface area contributed by atoms with Gasteiger partial charge in [0.15, 0.2) is 5.13 Å². The quantitative estimate of drug-likeness (QED) is 0.864. The van der Waals surface area contributed by atoms with Gasteiger partial charge in [-0.05, 0) is 26.7 Å². The monoisotopic (exact) mass is 377 g/mol. The van der Waals surface area contributed by atoms with Crippen LogP contribution >= 0.6 is 11.3 Å². The molecule has 1 aliphatic rings. The molecule has 9 heteroatoms. The van der Waals surface area contributed by atoms with Gasteiger partial charge >= 0.3 is 5.69 Å². The first-order valence-electron chi connectivity index (χ1n) is 8.69. The summed E-state index contributed by atoms with van der Waals surface area (Å²) in [4.78, 5) is 43.0. The molecule has 140 valence electrons. The van der Waals surface area contributed by atoms with Crippen molar-refractivity contribution in [2.45, 2.75) is 33.2 Å². The van der Waals surface area contributed by atoms with Crippen molar-refractivity contribution in [3.05, 3.63) is 38.0 Å². The van der Waals surface area contributed by atoms with Crippen LogP contribution in [0.5, 0.6) is 0 Å². The summed E-state index contributed by atoms with van der Waals surface area (Å²) in [6.07, 6.45) is 1.34. The van der Waals surface area contributed by atoms with Crippen molar-refractivity contribution >= 4 is 28.2 Å². The molecule has 0 aliphatic carbocycles. The topological polar surface area (TPSA) is 89.2 Å². The molecule has 3 heterocycles. The molecular weight excluding hydrogens is 354 g/mol. The van der Waals surface area contributed by atoms with Gasteiger partial charge in [0.05, 0.1) is 5.69 Å². The molecule has 1 amide bonds. The highest BCUT2D eigenvalue weighted by atomic mass is 32.1. The third-order valence-corrected chi connectivity index (χ3v) is 5.61. The number of hydrogen-bond donors (Lipinski definition) is 1. The summed E-state index contributed by atoms with van der Waals surface area (Å²) >= 11 is 1.42. The predicted octanol–water partition coefficient (Wildman–Crippen LogP) is 1.19. The van der Waals surface area contributed by atoms with Crippen LogP contribution in [-0.2, 0) is 18.4 Å². The maximum Gasteiger partial charge on any atom is 0.332 e. The number of rotatable bonds is 4. The van der Waals surface area contributed by atoms with Gasteiger partial charge in [0.2, 0.25) is 5.91 Å². The van der Waals surface area contributed by atoms with E-state index in [1.807, 2.05) is 24.1 Å². The van der Waals surface area contributed by atoms with Gasteiger partial charge in [-0.2, -0.15) is 0 Å². The molecule has 26 heavy (non-hydrogen) atoms. The third kappa shape index (κ3) is 3.57. The minimum Gasteiger partial charge on any atom is -0.358 e. The van der Waals surface area contributed by atoms with Gasteiger partial charge in [-0.3, -0.25) is 18.7 Å². The van der Waals surface area contributed by atoms with Crippen LogP contribution in [-0.4, -0.2) is 33.1 Å². The van der Waals surface area contributed by atoms with Crippen LogP contribution in [0.25, 0.3) is 0 Å². The van der Waals surface area contributed by atoms with Crippen molar-refractivity contribution in [3.8, 4) is 0 Å². The molecule has 1 saturated heterocycles. The Morgan fingerprint density at radius 3 is 2.62 bits per heavy atom. The van der Waals surface area contributed by atoms with E-state index in [1.54, 1.807) is 4.57 Å². The largest absolute Gasteiger partial charge is 0.358 e. The molecule has 3 rings (SSSR count). The molecule has 0 spiro atoms. The fourth-order valence-electron chi connectivity index (χ4n) is 3.21. The number of piperidine rings is 1. The minimum atomic E-state index is -0.311. The van der Waals surface area contributed by atoms with E-state index < -0.39 is 0 Å². The Morgan fingerprint density at radius 1 is 1.35 bits per heavy atom. The maximum absolute atomic E-state index is 12.4. The first kappa shape index (κ1) is 18.4. The van der Waals surface area contributed by atoms with Crippen molar-refractivity contribution in [3.63, 3.8) is 0 Å². The standard InChI is InChI=1S/C17H23N5O3S/c1-4-22-13(9-14(23)20(3)17(22)25)21-7-5-12(6-8-21)15(24)19-16-18-11(2)10-26-16/h9-10,12H,4-8H2,1-3H3,(H,18,19,24). The van der Waals surface area contributed by atoms with Gasteiger partial charge in [-0.25, -0.2) is 9.78 Å². The summed E-state index contributed by atoms with van der Waals surface area (Å²) in [5.41, 5.74) is 0.269. The number of thiazole rings is 1. The van der Waals surface area contributed by atoms with Gasteiger partial charge in [0.1, 0.15) is 5.82 Å². The Labute approximate surface area is 155 Å². The minimum absolute atomic E-state index is 0.0177. The molecule has 1 aliphatic heterocycles. The van der Waals surface area contributed by atoms with Crippen molar-refractivity contribution in [2.75, 3.05) is 23.3 Å². The molecule has 8 nitrogen and oxygen atoms in total. The molecule has 0 radical (unpaired) electrons. The Hall–Kier alpha value is -2.42. The first-order chi connectivity index (χ1) is 12.4. The van der Waals surface area contributed by atoms with Gasteiger partial charge in [0, 0.05) is 44.0 Å². The highest BCUT2D eigenvalue weighted by Gasteiger charge is 2.27. The SMILES string of the molecule is CCn1c(N2CCC(C(=O)Nc3nc(C)cs3)CC2)cc(=O)n(C)c1=O. The summed E-state index contributed by atoms with van der Waals surface area (Å²) in [7, 11) is 1.48. The van der Waals surface area contributed by atoms with Crippen LogP contribution in [0.15, 0.2) is 21.0 Å². The summed E-state index contributed by atoms with van der Waals surface area (Å²) in [6, 6.07) is 1.50. The summed E-state index contributed by atoms with van der Waals surface area (Å²) in [5, 5.41) is 5.40. The number of anilines is 2. The molecule has 2 aromatic rings. The fraction of sp³-hybridized carbons (Fsp3) is 0.529. The van der Waals surface area contributed by atoms with Crippen LogP contribution in [0.1, 0.15) is 25.5 Å². The first-order valence-corrected chi connectivity index (χ1v) is 9.57. The number of aryl methyl sites for hydroxylation is 1. The molecule has 0 aromatic carbocycles. The van der Waals surface area contributed by atoms with Gasteiger partial charge < -0.3 is 10.2 Å². The average Bonchev–Trinajstić information content (AvgIpc) is 3.04. The Morgan fingerprint density at radius 2 is 2.04 bits per heavy atom. The number of nitrogens with zero attached hydrogens (tertiary/aromatic N) is 4. The normalized spacial score (nSPS) is 15.3. The van der Waals surface area contributed by atoms with E-state index in [0.29, 0.717) is 43.4 Å². The lowest BCUT2D eigenvalue weighted by atomic mass is 9.96. The van der Waals surface area contributed by atoms with Crippen molar-refractivity contribution in [1.29, 1.82) is 0 Å². The van der Waals surface area contributed by atoms with Crippen LogP contribution in [0, 0.1) is 12.8 Å². The van der Waals surface area contributed by atoms with E-state index in [9.17, 15) is 14.4 Å². The second-order valence-electron chi connectivity index (χ2n) is 6.47. The fourth-order valence-corrected chi connectivity index (χ4v) is 3.90. The zero-order chi connectivity index (χ0) is 18.8. The number of nitrogens with one attached hydrogen (secondary N) is 1. The second-order valence-corrected chi connectivity index (χ2v) is 7.33. The Bertz CT molecular complexity index is 921. The number of carbonyl (C=O) groups excluding carboxylic acids is 1. The molecule has 0 unspecified atom stereocenters. The number of hydrogen-bond acceptors (Lipinski definition) is 6. The molecule has 1 N–H and O–H groups in total. The molecule has 1 fully saturated rings. The van der Waals surface area contributed by atoms with Crippen molar-refractivity contribution < 1.29 is 4.79 Å². The van der Waals surface area contributed by atoms with Crippen LogP contribution < -0.4 is 21.5 Å². The second kappa shape index (κ2) is 7.45. The predicted molar refractivity (Wildman–Crippen MR) is 102 cm³/mol. The lowest BCUT2D eigenvalue weighted by Crippen LogP contribution is -2.44. The Kier molecular flexibility index (Phi) is 5.26. The molecule has 0 saturated carbocycles. The smallest absolute Gasteiger partial charge is 0.332 e. The summed E-state index contributed by atoms with van der Waals surface area (Å²) < 4.78 is 2.71. The lowest BCUT2D eigenvalue weighted by molar-refractivity contribution is -0.120. The maximum atomic E-state index is 12.4. The van der Waals surface area contributed by atoms with Crippen molar-refractivity contribution in [1.82, 2.24) is 14.1 Å². The molecular formula is C17H23N5O3S. The van der Waals surface area contributed by atoms with E-state index in [2.05, 4.69) is 10.3 Å². The van der Waals surface area contributed by atoms with E-state index in [-0.39, 0.29) is 23.1 Å². The number of aromatic nitrogens is 3. The Balaban J connectivity index is 1.70. The number of carbonyl (C=O) groups is 1. The highest BCUT2D eigenvalue weighted by molar-refractivity contribution is 7.13.